The molecule has 0 spiro atoms. The summed E-state index contributed by atoms with van der Waals surface area (Å²) in [5.41, 5.74) is 0.755. The number of unbranched alkanes of at least 4 members (excludes halogenated alkanes) is 2. The first kappa shape index (κ1) is 13.9. The zero-order valence-electron chi connectivity index (χ0n) is 11.5. The molecule has 0 heterocycles. The van der Waals surface area contributed by atoms with Gasteiger partial charge in [0.05, 0.1) is 0 Å². The molecule has 1 nitrogen and oxygen atoms in total. The van der Waals surface area contributed by atoms with Crippen molar-refractivity contribution in [2.24, 2.45) is 5.92 Å². The Labute approximate surface area is 102 Å². The van der Waals surface area contributed by atoms with Crippen LogP contribution in [0.15, 0.2) is 0 Å². The van der Waals surface area contributed by atoms with Crippen molar-refractivity contribution in [3.63, 3.8) is 0 Å². The summed E-state index contributed by atoms with van der Waals surface area (Å²) < 4.78 is 0. The molecule has 0 amide bonds. The molecule has 16 heavy (non-hydrogen) atoms. The first-order chi connectivity index (χ1) is 7.46. The fourth-order valence-electron chi connectivity index (χ4n) is 3.12. The van der Waals surface area contributed by atoms with Gasteiger partial charge in [-0.05, 0) is 18.4 Å². The van der Waals surface area contributed by atoms with Crippen molar-refractivity contribution < 1.29 is 4.79 Å². The molecule has 1 aliphatic rings. The second-order valence-corrected chi connectivity index (χ2v) is 11.9. The Morgan fingerprint density at radius 2 is 1.94 bits per heavy atom. The molecule has 0 bridgehead atoms. The van der Waals surface area contributed by atoms with Crippen molar-refractivity contribution in [1.82, 2.24) is 0 Å². The van der Waals surface area contributed by atoms with Crippen molar-refractivity contribution in [3.05, 3.63) is 0 Å². The van der Waals surface area contributed by atoms with E-state index in [4.69, 9.17) is 0 Å². The van der Waals surface area contributed by atoms with Crippen molar-refractivity contribution >= 4 is 13.9 Å². The van der Waals surface area contributed by atoms with Crippen LogP contribution in [0.3, 0.4) is 0 Å². The van der Waals surface area contributed by atoms with Gasteiger partial charge in [0.1, 0.15) is 5.78 Å². The predicted octanol–water partition coefficient (Wildman–Crippen LogP) is 4.64. The Kier molecular flexibility index (Phi) is 5.23. The van der Waals surface area contributed by atoms with E-state index in [1.807, 2.05) is 0 Å². The number of carbonyl (C=O) groups excluding carboxylic acids is 1. The molecule has 0 saturated heterocycles. The third kappa shape index (κ3) is 3.72. The van der Waals surface area contributed by atoms with Crippen LogP contribution in [0.2, 0.25) is 25.2 Å². The Morgan fingerprint density at radius 1 is 1.25 bits per heavy atom. The van der Waals surface area contributed by atoms with E-state index in [1.54, 1.807) is 0 Å². The second-order valence-electron chi connectivity index (χ2n) is 6.43. The number of hydrogen-bond donors (Lipinski definition) is 0. The van der Waals surface area contributed by atoms with Crippen LogP contribution in [0.4, 0.5) is 0 Å². The summed E-state index contributed by atoms with van der Waals surface area (Å²) in [5.74, 6) is 1.00. The zero-order valence-corrected chi connectivity index (χ0v) is 12.5. The molecule has 1 fully saturated rings. The van der Waals surface area contributed by atoms with Crippen molar-refractivity contribution in [2.75, 3.05) is 0 Å². The topological polar surface area (TPSA) is 17.1 Å². The van der Waals surface area contributed by atoms with Gasteiger partial charge >= 0.3 is 0 Å². The Balaban J connectivity index is 2.61. The summed E-state index contributed by atoms with van der Waals surface area (Å²) >= 11 is 0. The lowest BCUT2D eigenvalue weighted by Gasteiger charge is -2.38. The van der Waals surface area contributed by atoms with Crippen LogP contribution in [0.5, 0.6) is 0 Å². The average molecular weight is 240 g/mol. The van der Waals surface area contributed by atoms with Crippen LogP contribution in [0, 0.1) is 5.92 Å². The number of carbonyl (C=O) groups is 1. The lowest BCUT2D eigenvalue weighted by atomic mass is 9.84. The highest BCUT2D eigenvalue weighted by Crippen LogP contribution is 2.42. The first-order valence-electron chi connectivity index (χ1n) is 6.99. The lowest BCUT2D eigenvalue weighted by Crippen LogP contribution is -2.39. The second kappa shape index (κ2) is 5.99. The number of hydrogen-bond acceptors (Lipinski definition) is 1. The SMILES string of the molecule is CCCCCC1C(=O)CCCC1[Si](C)(C)C. The van der Waals surface area contributed by atoms with Crippen LogP contribution in [-0.2, 0) is 4.79 Å². The maximum Gasteiger partial charge on any atom is 0.135 e. The van der Waals surface area contributed by atoms with Gasteiger partial charge in [0.15, 0.2) is 0 Å². The van der Waals surface area contributed by atoms with E-state index in [9.17, 15) is 4.79 Å². The highest BCUT2D eigenvalue weighted by Gasteiger charge is 2.38. The monoisotopic (exact) mass is 240 g/mol. The van der Waals surface area contributed by atoms with Gasteiger partial charge in [-0.2, -0.15) is 0 Å². The minimum atomic E-state index is -1.14. The highest BCUT2D eigenvalue weighted by molar-refractivity contribution is 6.77. The number of rotatable bonds is 5. The smallest absolute Gasteiger partial charge is 0.135 e. The standard InChI is InChI=1S/C14H28OSi/c1-5-6-7-9-12-13(15)10-8-11-14(12)16(2,3)4/h12,14H,5-11H2,1-4H3. The molecule has 1 saturated carbocycles. The summed E-state index contributed by atoms with van der Waals surface area (Å²) in [6.07, 6.45) is 8.31. The third-order valence-corrected chi connectivity index (χ3v) is 6.98. The van der Waals surface area contributed by atoms with E-state index in [0.717, 1.165) is 18.4 Å². The van der Waals surface area contributed by atoms with Crippen LogP contribution in [-0.4, -0.2) is 13.9 Å². The van der Waals surface area contributed by atoms with Crippen LogP contribution in [0.25, 0.3) is 0 Å². The molecular formula is C14H28OSi. The molecule has 1 aliphatic carbocycles. The van der Waals surface area contributed by atoms with E-state index in [-0.39, 0.29) is 0 Å². The molecule has 0 aromatic carbocycles. The predicted molar refractivity (Wildman–Crippen MR) is 73.6 cm³/mol. The van der Waals surface area contributed by atoms with Gasteiger partial charge in [0, 0.05) is 20.4 Å². The summed E-state index contributed by atoms with van der Waals surface area (Å²) in [4.78, 5) is 12.1. The molecule has 0 N–H and O–H groups in total. The summed E-state index contributed by atoms with van der Waals surface area (Å²) in [6.45, 7) is 9.54. The Bertz CT molecular complexity index is 229. The van der Waals surface area contributed by atoms with E-state index in [1.165, 1.54) is 32.1 Å². The quantitative estimate of drug-likeness (QED) is 0.505. The molecule has 94 valence electrons. The minimum absolute atomic E-state index is 0.423. The van der Waals surface area contributed by atoms with Gasteiger partial charge in [-0.1, -0.05) is 52.2 Å². The number of ketones is 1. The largest absolute Gasteiger partial charge is 0.299 e. The van der Waals surface area contributed by atoms with Gasteiger partial charge in [-0.3, -0.25) is 4.79 Å². The molecule has 0 radical (unpaired) electrons. The first-order valence-corrected chi connectivity index (χ1v) is 10.6. The van der Waals surface area contributed by atoms with E-state index < -0.39 is 8.07 Å². The maximum atomic E-state index is 12.1. The van der Waals surface area contributed by atoms with Gasteiger partial charge in [0.25, 0.3) is 0 Å². The van der Waals surface area contributed by atoms with Crippen molar-refractivity contribution in [2.45, 2.75) is 77.1 Å². The maximum absolute atomic E-state index is 12.1. The van der Waals surface area contributed by atoms with Crippen LogP contribution < -0.4 is 0 Å². The molecule has 0 aromatic heterocycles. The lowest BCUT2D eigenvalue weighted by molar-refractivity contribution is -0.124. The normalized spacial score (nSPS) is 27.1. The number of Topliss-reactive ketones (excluding diaryl/α,β-unsaturated/α-hetero) is 1. The van der Waals surface area contributed by atoms with E-state index in [0.29, 0.717) is 11.7 Å². The average Bonchev–Trinajstić information content (AvgIpc) is 2.19. The summed E-state index contributed by atoms with van der Waals surface area (Å²) in [7, 11) is -1.14. The zero-order chi connectivity index (χ0) is 12.2. The fourth-order valence-corrected chi connectivity index (χ4v) is 5.75. The van der Waals surface area contributed by atoms with Crippen molar-refractivity contribution in [1.29, 1.82) is 0 Å². The Hall–Kier alpha value is -0.113. The van der Waals surface area contributed by atoms with Gasteiger partial charge in [-0.25, -0.2) is 0 Å². The molecule has 2 atom stereocenters. The van der Waals surface area contributed by atoms with Gasteiger partial charge in [0.2, 0.25) is 0 Å². The molecular weight excluding hydrogens is 212 g/mol. The molecule has 1 rings (SSSR count). The van der Waals surface area contributed by atoms with Crippen LogP contribution in [0.1, 0.15) is 51.9 Å². The molecule has 2 heteroatoms. The van der Waals surface area contributed by atoms with Crippen LogP contribution >= 0.6 is 0 Å². The van der Waals surface area contributed by atoms with Gasteiger partial charge < -0.3 is 0 Å². The fraction of sp³-hybridized carbons (Fsp3) is 0.929. The highest BCUT2D eigenvalue weighted by atomic mass is 28.3. The minimum Gasteiger partial charge on any atom is -0.299 e. The molecule has 0 aromatic rings. The molecule has 2 unspecified atom stereocenters. The third-order valence-electron chi connectivity index (χ3n) is 4.07. The molecule has 0 aliphatic heterocycles. The van der Waals surface area contributed by atoms with Gasteiger partial charge in [-0.15, -0.1) is 0 Å². The van der Waals surface area contributed by atoms with E-state index >= 15 is 0 Å². The van der Waals surface area contributed by atoms with E-state index in [2.05, 4.69) is 26.6 Å². The summed E-state index contributed by atoms with van der Waals surface area (Å²) in [6, 6.07) is 0. The summed E-state index contributed by atoms with van der Waals surface area (Å²) in [5, 5.41) is 0. The van der Waals surface area contributed by atoms with Crippen molar-refractivity contribution in [3.8, 4) is 0 Å². The Morgan fingerprint density at radius 3 is 2.50 bits per heavy atom.